The minimum atomic E-state index is 0.221. The number of para-hydroxylation sites is 1. The molecular weight excluding hydrogens is 248 g/mol. The van der Waals surface area contributed by atoms with Crippen LogP contribution < -0.4 is 0 Å². The Labute approximate surface area is 114 Å². The summed E-state index contributed by atoms with van der Waals surface area (Å²) in [6, 6.07) is 6.14. The van der Waals surface area contributed by atoms with Crippen LogP contribution in [0.4, 0.5) is 0 Å². The fourth-order valence-electron chi connectivity index (χ4n) is 2.52. The maximum absolute atomic E-state index is 9.92. The summed E-state index contributed by atoms with van der Waals surface area (Å²) < 4.78 is 0. The average molecular weight is 269 g/mol. The van der Waals surface area contributed by atoms with Gasteiger partial charge in [0.2, 0.25) is 0 Å². The van der Waals surface area contributed by atoms with Crippen LogP contribution in [0.3, 0.4) is 0 Å². The van der Waals surface area contributed by atoms with E-state index in [0.717, 1.165) is 25.2 Å². The molecule has 18 heavy (non-hydrogen) atoms. The summed E-state index contributed by atoms with van der Waals surface area (Å²) in [6.45, 7) is 3.05. The molecule has 0 atom stereocenters. The second-order valence-corrected chi connectivity index (χ2v) is 5.60. The quantitative estimate of drug-likeness (QED) is 0.913. The van der Waals surface area contributed by atoms with Crippen LogP contribution in [-0.2, 0) is 6.54 Å². The third kappa shape index (κ3) is 3.16. The minimum Gasteiger partial charge on any atom is -0.506 e. The Hall–Kier alpha value is -0.770. The van der Waals surface area contributed by atoms with E-state index in [9.17, 15) is 5.11 Å². The highest BCUT2D eigenvalue weighted by Gasteiger charge is 2.21. The second-order valence-electron chi connectivity index (χ2n) is 5.20. The molecule has 1 heterocycles. The molecule has 2 rings (SSSR count). The van der Waals surface area contributed by atoms with Gasteiger partial charge in [0, 0.05) is 18.2 Å². The maximum atomic E-state index is 9.92. The van der Waals surface area contributed by atoms with Crippen LogP contribution in [0.15, 0.2) is 18.2 Å². The number of piperidine rings is 1. The summed E-state index contributed by atoms with van der Waals surface area (Å²) in [5, 5.41) is 10.4. The molecule has 0 bridgehead atoms. The molecule has 0 saturated carbocycles. The van der Waals surface area contributed by atoms with Crippen LogP contribution in [0.5, 0.6) is 5.75 Å². The lowest BCUT2D eigenvalue weighted by atomic mass is 10.0. The van der Waals surface area contributed by atoms with E-state index in [1.165, 1.54) is 12.8 Å². The van der Waals surface area contributed by atoms with Crippen LogP contribution in [0.25, 0.3) is 0 Å². The van der Waals surface area contributed by atoms with Crippen molar-refractivity contribution in [3.63, 3.8) is 0 Å². The number of halogens is 1. The van der Waals surface area contributed by atoms with Crippen molar-refractivity contribution in [3.8, 4) is 5.75 Å². The predicted octanol–water partition coefficient (Wildman–Crippen LogP) is 2.57. The lowest BCUT2D eigenvalue weighted by Crippen LogP contribution is -2.41. The molecule has 1 aromatic rings. The van der Waals surface area contributed by atoms with Gasteiger partial charge in [0.05, 0.1) is 5.02 Å². The number of hydrogen-bond donors (Lipinski definition) is 1. The van der Waals surface area contributed by atoms with Gasteiger partial charge in [-0.25, -0.2) is 0 Å². The second kappa shape index (κ2) is 5.91. The first-order chi connectivity index (χ1) is 8.58. The Balaban J connectivity index is 1.98. The summed E-state index contributed by atoms with van der Waals surface area (Å²) in [6.07, 6.45) is 2.38. The molecule has 0 aliphatic carbocycles. The molecule has 0 unspecified atom stereocenters. The van der Waals surface area contributed by atoms with Crippen molar-refractivity contribution < 1.29 is 5.11 Å². The summed E-state index contributed by atoms with van der Waals surface area (Å²) in [5.41, 5.74) is 0.906. The first kappa shape index (κ1) is 13.7. The van der Waals surface area contributed by atoms with Crippen LogP contribution in [0.2, 0.25) is 5.02 Å². The van der Waals surface area contributed by atoms with E-state index in [4.69, 9.17) is 11.6 Å². The predicted molar refractivity (Wildman–Crippen MR) is 75.1 cm³/mol. The van der Waals surface area contributed by atoms with Crippen LogP contribution >= 0.6 is 11.6 Å². The van der Waals surface area contributed by atoms with Crippen molar-refractivity contribution in [2.45, 2.75) is 25.4 Å². The number of likely N-dealkylation sites (tertiary alicyclic amines) is 1. The van der Waals surface area contributed by atoms with E-state index in [1.54, 1.807) is 6.07 Å². The number of benzene rings is 1. The number of hydrogen-bond acceptors (Lipinski definition) is 3. The largest absolute Gasteiger partial charge is 0.506 e. The number of nitrogens with zero attached hydrogens (tertiary/aromatic N) is 2. The van der Waals surface area contributed by atoms with Crippen LogP contribution in [0, 0.1) is 0 Å². The Morgan fingerprint density at radius 3 is 2.72 bits per heavy atom. The highest BCUT2D eigenvalue weighted by Crippen LogP contribution is 2.28. The molecule has 3 nitrogen and oxygen atoms in total. The van der Waals surface area contributed by atoms with Crippen molar-refractivity contribution in [1.29, 1.82) is 0 Å². The Morgan fingerprint density at radius 2 is 2.06 bits per heavy atom. The maximum Gasteiger partial charge on any atom is 0.138 e. The van der Waals surface area contributed by atoms with E-state index in [-0.39, 0.29) is 5.75 Å². The van der Waals surface area contributed by atoms with E-state index in [1.807, 2.05) is 12.1 Å². The van der Waals surface area contributed by atoms with Gasteiger partial charge < -0.3 is 10.0 Å². The zero-order valence-electron chi connectivity index (χ0n) is 11.1. The van der Waals surface area contributed by atoms with E-state index >= 15 is 0 Å². The van der Waals surface area contributed by atoms with Crippen molar-refractivity contribution in [2.24, 2.45) is 0 Å². The van der Waals surface area contributed by atoms with E-state index in [2.05, 4.69) is 23.9 Å². The molecule has 4 heteroatoms. The van der Waals surface area contributed by atoms with Gasteiger partial charge in [0.25, 0.3) is 0 Å². The van der Waals surface area contributed by atoms with Crippen molar-refractivity contribution in [2.75, 3.05) is 27.2 Å². The lowest BCUT2D eigenvalue weighted by Gasteiger charge is -2.35. The average Bonchev–Trinajstić information content (AvgIpc) is 2.36. The zero-order valence-corrected chi connectivity index (χ0v) is 11.8. The fourth-order valence-corrected chi connectivity index (χ4v) is 2.72. The van der Waals surface area contributed by atoms with Gasteiger partial charge in [0.1, 0.15) is 5.75 Å². The van der Waals surface area contributed by atoms with Crippen molar-refractivity contribution in [3.05, 3.63) is 28.8 Å². The summed E-state index contributed by atoms with van der Waals surface area (Å²) >= 11 is 5.93. The number of aromatic hydroxyl groups is 1. The number of phenols is 1. The van der Waals surface area contributed by atoms with Gasteiger partial charge in [-0.05, 0) is 46.1 Å². The molecular formula is C14H21ClN2O. The first-order valence-electron chi connectivity index (χ1n) is 6.43. The lowest BCUT2D eigenvalue weighted by molar-refractivity contribution is 0.138. The molecule has 1 aliphatic rings. The minimum absolute atomic E-state index is 0.221. The van der Waals surface area contributed by atoms with Gasteiger partial charge in [0.15, 0.2) is 0 Å². The summed E-state index contributed by atoms with van der Waals surface area (Å²) in [7, 11) is 4.29. The van der Waals surface area contributed by atoms with Crippen LogP contribution in [0.1, 0.15) is 18.4 Å². The third-order valence-electron chi connectivity index (χ3n) is 3.80. The molecule has 1 aromatic carbocycles. The van der Waals surface area contributed by atoms with Crippen molar-refractivity contribution in [1.82, 2.24) is 9.80 Å². The monoisotopic (exact) mass is 268 g/mol. The molecule has 100 valence electrons. The summed E-state index contributed by atoms with van der Waals surface area (Å²) in [5.74, 6) is 0.221. The molecule has 0 spiro atoms. The molecule has 1 N–H and O–H groups in total. The molecule has 0 radical (unpaired) electrons. The number of phenolic OH excluding ortho intramolecular Hbond substituents is 1. The Kier molecular flexibility index (Phi) is 4.49. The molecule has 1 aliphatic heterocycles. The van der Waals surface area contributed by atoms with Gasteiger partial charge >= 0.3 is 0 Å². The summed E-state index contributed by atoms with van der Waals surface area (Å²) in [4.78, 5) is 4.68. The standard InChI is InChI=1S/C14H21ClN2O/c1-16-8-6-12(7-9-16)17(2)10-11-4-3-5-13(15)14(11)18/h3-5,12,18H,6-10H2,1-2H3. The SMILES string of the molecule is CN1CCC(N(C)Cc2cccc(Cl)c2O)CC1. The fraction of sp³-hybridized carbons (Fsp3) is 0.571. The molecule has 1 fully saturated rings. The van der Waals surface area contributed by atoms with Gasteiger partial charge in [-0.2, -0.15) is 0 Å². The van der Waals surface area contributed by atoms with Crippen LogP contribution in [-0.4, -0.2) is 48.1 Å². The Bertz CT molecular complexity index is 403. The van der Waals surface area contributed by atoms with E-state index in [0.29, 0.717) is 11.1 Å². The van der Waals surface area contributed by atoms with Gasteiger partial charge in [-0.3, -0.25) is 4.90 Å². The van der Waals surface area contributed by atoms with E-state index < -0.39 is 0 Å². The highest BCUT2D eigenvalue weighted by molar-refractivity contribution is 6.32. The zero-order chi connectivity index (χ0) is 13.1. The topological polar surface area (TPSA) is 26.7 Å². The molecule has 0 amide bonds. The molecule has 1 saturated heterocycles. The molecule has 0 aromatic heterocycles. The van der Waals surface area contributed by atoms with Gasteiger partial charge in [-0.1, -0.05) is 23.7 Å². The first-order valence-corrected chi connectivity index (χ1v) is 6.81. The smallest absolute Gasteiger partial charge is 0.138 e. The third-order valence-corrected chi connectivity index (χ3v) is 4.11. The number of rotatable bonds is 3. The van der Waals surface area contributed by atoms with Gasteiger partial charge in [-0.15, -0.1) is 0 Å². The van der Waals surface area contributed by atoms with Crippen molar-refractivity contribution >= 4 is 11.6 Å². The normalized spacial score (nSPS) is 18.4. The Morgan fingerprint density at radius 1 is 1.39 bits per heavy atom. The highest BCUT2D eigenvalue weighted by atomic mass is 35.5.